The Morgan fingerprint density at radius 1 is 1.12 bits per heavy atom. The van der Waals surface area contributed by atoms with Crippen molar-refractivity contribution in [2.75, 3.05) is 20.8 Å². The maximum atomic E-state index is 12.3. The minimum absolute atomic E-state index is 0.0600. The van der Waals surface area contributed by atoms with Crippen LogP contribution in [0.1, 0.15) is 34.6 Å². The van der Waals surface area contributed by atoms with Gasteiger partial charge >= 0.3 is 18.0 Å². The summed E-state index contributed by atoms with van der Waals surface area (Å²) < 4.78 is 21.5. The quantitative estimate of drug-likeness (QED) is 0.154. The van der Waals surface area contributed by atoms with Crippen LogP contribution in [-0.2, 0) is 14.3 Å². The number of furan rings is 1. The van der Waals surface area contributed by atoms with E-state index in [9.17, 15) is 24.3 Å². The van der Waals surface area contributed by atoms with Crippen LogP contribution in [0.15, 0.2) is 69.3 Å². The molecule has 0 bridgehead atoms. The fraction of sp³-hybridized carbons (Fsp3) is 0.179. The predicted octanol–water partition coefficient (Wildman–Crippen LogP) is 3.64. The molecule has 0 saturated carbocycles. The Labute approximate surface area is 244 Å². The molecular weight excluding hydrogens is 572 g/mol. The van der Waals surface area contributed by atoms with Crippen molar-refractivity contribution in [3.8, 4) is 22.8 Å². The second-order valence-electron chi connectivity index (χ2n) is 8.76. The number of carboxylic acid groups (broad SMARTS) is 1. The number of esters is 1. The number of carbonyl (C=O) groups excluding carboxylic acids is 3. The molecule has 4 N–H and O–H groups in total. The second-order valence-corrected chi connectivity index (χ2v) is 9.16. The van der Waals surface area contributed by atoms with E-state index >= 15 is 0 Å². The number of ether oxygens (including phenoxy) is 3. The van der Waals surface area contributed by atoms with Gasteiger partial charge in [0.25, 0.3) is 5.91 Å². The molecule has 0 spiro atoms. The zero-order chi connectivity index (χ0) is 30.4. The van der Waals surface area contributed by atoms with Crippen LogP contribution < -0.4 is 25.5 Å². The molecule has 42 heavy (non-hydrogen) atoms. The molecule has 2 heterocycles. The van der Waals surface area contributed by atoms with Gasteiger partial charge in [-0.25, -0.2) is 19.8 Å². The number of nitrogens with zero attached hydrogens (tertiary/aromatic N) is 1. The van der Waals surface area contributed by atoms with E-state index in [2.05, 4.69) is 21.2 Å². The highest BCUT2D eigenvalue weighted by Gasteiger charge is 2.32. The van der Waals surface area contributed by atoms with Crippen molar-refractivity contribution < 1.29 is 42.9 Å². The van der Waals surface area contributed by atoms with Gasteiger partial charge in [0.05, 0.1) is 42.6 Å². The molecule has 0 unspecified atom stereocenters. The van der Waals surface area contributed by atoms with Crippen LogP contribution in [0.5, 0.6) is 11.5 Å². The highest BCUT2D eigenvalue weighted by molar-refractivity contribution is 6.33. The van der Waals surface area contributed by atoms with Gasteiger partial charge in [-0.05, 0) is 55.0 Å². The summed E-state index contributed by atoms with van der Waals surface area (Å²) in [5.41, 5.74) is 3.87. The first-order chi connectivity index (χ1) is 20.1. The van der Waals surface area contributed by atoms with Crippen LogP contribution in [-0.4, -0.2) is 56.0 Å². The summed E-state index contributed by atoms with van der Waals surface area (Å²) in [5, 5.41) is 18.4. The average Bonchev–Trinajstić information content (AvgIpc) is 3.44. The molecule has 4 rings (SSSR count). The largest absolute Gasteiger partial charge is 0.493 e. The monoisotopic (exact) mass is 596 g/mol. The Balaban J connectivity index is 1.38. The molecule has 1 aliphatic rings. The number of methoxy groups -OCH3 is 2. The minimum Gasteiger partial charge on any atom is -0.493 e. The van der Waals surface area contributed by atoms with Gasteiger partial charge in [0.15, 0.2) is 18.1 Å². The Morgan fingerprint density at radius 2 is 1.90 bits per heavy atom. The van der Waals surface area contributed by atoms with E-state index in [1.165, 1.54) is 32.6 Å². The number of aromatic carboxylic acids is 1. The summed E-state index contributed by atoms with van der Waals surface area (Å²) >= 11 is 5.91. The van der Waals surface area contributed by atoms with Gasteiger partial charge in [-0.2, -0.15) is 5.10 Å². The molecule has 0 radical (unpaired) electrons. The third-order valence-electron chi connectivity index (χ3n) is 6.04. The summed E-state index contributed by atoms with van der Waals surface area (Å²) in [7, 11) is 2.65. The van der Waals surface area contributed by atoms with Crippen LogP contribution in [0.2, 0.25) is 5.02 Å². The molecule has 1 atom stereocenters. The molecule has 13 nitrogen and oxygen atoms in total. The van der Waals surface area contributed by atoms with Crippen LogP contribution in [0.3, 0.4) is 0 Å². The number of allylic oxidation sites excluding steroid dienone is 1. The zero-order valence-electron chi connectivity index (χ0n) is 22.5. The number of carboxylic acids is 1. The first kappa shape index (κ1) is 29.7. The van der Waals surface area contributed by atoms with Crippen molar-refractivity contribution in [1.82, 2.24) is 16.1 Å². The van der Waals surface area contributed by atoms with Gasteiger partial charge in [0, 0.05) is 11.3 Å². The van der Waals surface area contributed by atoms with Gasteiger partial charge < -0.3 is 34.4 Å². The number of nitrogens with one attached hydrogen (secondary N) is 3. The molecule has 14 heteroatoms. The summed E-state index contributed by atoms with van der Waals surface area (Å²) in [6.07, 6.45) is 1.27. The van der Waals surface area contributed by atoms with Crippen molar-refractivity contribution in [3.05, 3.63) is 81.7 Å². The maximum Gasteiger partial charge on any atom is 0.337 e. The Hall–Kier alpha value is -5.30. The average molecular weight is 597 g/mol. The number of benzene rings is 2. The number of amides is 3. The number of hydrogen-bond donors (Lipinski definition) is 4. The van der Waals surface area contributed by atoms with E-state index in [-0.39, 0.29) is 27.7 Å². The van der Waals surface area contributed by atoms with E-state index < -0.39 is 36.5 Å². The van der Waals surface area contributed by atoms with Crippen LogP contribution in [0, 0.1) is 0 Å². The first-order valence-corrected chi connectivity index (χ1v) is 12.6. The van der Waals surface area contributed by atoms with Crippen LogP contribution in [0.4, 0.5) is 4.79 Å². The molecular formula is C28H25ClN4O9. The molecule has 2 aromatic carbocycles. The lowest BCUT2D eigenvalue weighted by Gasteiger charge is -2.28. The summed E-state index contributed by atoms with van der Waals surface area (Å²) in [6.45, 7) is 1.19. The van der Waals surface area contributed by atoms with Crippen molar-refractivity contribution in [2.24, 2.45) is 5.10 Å². The molecule has 218 valence electrons. The number of urea groups is 1. The Kier molecular flexibility index (Phi) is 9.12. The van der Waals surface area contributed by atoms with E-state index in [1.54, 1.807) is 43.3 Å². The number of hydrogen-bond acceptors (Lipinski definition) is 9. The minimum atomic E-state index is -1.16. The lowest BCUT2D eigenvalue weighted by atomic mass is 9.95. The van der Waals surface area contributed by atoms with E-state index in [1.807, 2.05) is 0 Å². The number of carbonyl (C=O) groups is 4. The third-order valence-corrected chi connectivity index (χ3v) is 6.37. The molecule has 1 aromatic heterocycles. The number of rotatable bonds is 10. The van der Waals surface area contributed by atoms with E-state index in [0.29, 0.717) is 28.3 Å². The summed E-state index contributed by atoms with van der Waals surface area (Å²) in [6, 6.07) is 11.1. The predicted molar refractivity (Wildman–Crippen MR) is 149 cm³/mol. The SMILES string of the molecule is COC(=O)C1=C(C)NC(=O)N[C@@H]1c1ccc(OCC(=O)N/N=C\c2ccc(-c3ccc(Cl)c(C(=O)O)c3)o2)c(OC)c1. The fourth-order valence-corrected chi connectivity index (χ4v) is 4.27. The van der Waals surface area contributed by atoms with Crippen LogP contribution >= 0.6 is 11.6 Å². The van der Waals surface area contributed by atoms with Gasteiger partial charge in [0.2, 0.25) is 0 Å². The van der Waals surface area contributed by atoms with Crippen molar-refractivity contribution in [1.29, 1.82) is 0 Å². The fourth-order valence-electron chi connectivity index (χ4n) is 4.07. The Morgan fingerprint density at radius 3 is 2.62 bits per heavy atom. The topological polar surface area (TPSA) is 178 Å². The smallest absolute Gasteiger partial charge is 0.337 e. The lowest BCUT2D eigenvalue weighted by molar-refractivity contribution is -0.136. The standard InChI is InChI=1S/C28H25ClN4O9/c1-14-24(27(37)40-3)25(32-28(38)31-14)16-5-8-21(22(11-16)39-2)41-13-23(34)33-30-12-17-6-9-20(42-17)15-4-7-19(29)18(10-15)26(35)36/h4-12,25H,13H2,1-3H3,(H,33,34)(H,35,36)(H2,31,32,38)/b30-12-/t25-/m1/s1. The van der Waals surface area contributed by atoms with Gasteiger partial charge in [-0.3, -0.25) is 4.79 Å². The maximum absolute atomic E-state index is 12.3. The zero-order valence-corrected chi connectivity index (χ0v) is 23.3. The molecule has 3 amide bonds. The van der Waals surface area contributed by atoms with Crippen molar-refractivity contribution in [2.45, 2.75) is 13.0 Å². The third kappa shape index (κ3) is 6.70. The molecule has 3 aromatic rings. The number of hydrazone groups is 1. The van der Waals surface area contributed by atoms with Gasteiger partial charge in [-0.1, -0.05) is 17.7 Å². The molecule has 0 fully saturated rings. The van der Waals surface area contributed by atoms with Crippen molar-refractivity contribution >= 4 is 41.7 Å². The summed E-state index contributed by atoms with van der Waals surface area (Å²) in [4.78, 5) is 48.0. The highest BCUT2D eigenvalue weighted by atomic mass is 35.5. The molecule has 0 aliphatic carbocycles. The second kappa shape index (κ2) is 12.9. The van der Waals surface area contributed by atoms with Gasteiger partial charge in [0.1, 0.15) is 11.5 Å². The Bertz CT molecular complexity index is 1610. The number of halogens is 1. The van der Waals surface area contributed by atoms with E-state index in [4.69, 9.17) is 30.2 Å². The van der Waals surface area contributed by atoms with E-state index in [0.717, 1.165) is 0 Å². The highest BCUT2D eigenvalue weighted by Crippen LogP contribution is 2.34. The van der Waals surface area contributed by atoms with Crippen molar-refractivity contribution in [3.63, 3.8) is 0 Å². The first-order valence-electron chi connectivity index (χ1n) is 12.2. The molecule has 0 saturated heterocycles. The summed E-state index contributed by atoms with van der Waals surface area (Å²) in [5.74, 6) is -1.17. The van der Waals surface area contributed by atoms with Gasteiger partial charge in [-0.15, -0.1) is 0 Å². The lowest BCUT2D eigenvalue weighted by Crippen LogP contribution is -2.45. The molecule has 1 aliphatic heterocycles. The normalized spacial score (nSPS) is 14.7. The van der Waals surface area contributed by atoms with Crippen LogP contribution in [0.25, 0.3) is 11.3 Å².